The van der Waals surface area contributed by atoms with Crippen LogP contribution in [0.4, 0.5) is 0 Å². The number of cyclic esters (lactones) is 1. The van der Waals surface area contributed by atoms with Crippen molar-refractivity contribution < 1.29 is 28.7 Å². The molecule has 4 rings (SSSR count). The van der Waals surface area contributed by atoms with E-state index in [1.165, 1.54) is 5.01 Å². The topological polar surface area (TPSA) is 147 Å². The van der Waals surface area contributed by atoms with Crippen molar-refractivity contribution in [1.82, 2.24) is 26.1 Å². The molecule has 3 unspecified atom stereocenters. The molecule has 0 spiro atoms. The molecule has 2 aliphatic heterocycles. The van der Waals surface area contributed by atoms with Crippen LogP contribution in [0.1, 0.15) is 71.2 Å². The summed E-state index contributed by atoms with van der Waals surface area (Å²) in [6, 6.07) is 6.52. The lowest BCUT2D eigenvalue weighted by atomic mass is 9.89. The lowest BCUT2D eigenvalue weighted by Gasteiger charge is -2.35. The van der Waals surface area contributed by atoms with Gasteiger partial charge in [-0.15, -0.1) is 0 Å². The highest BCUT2D eigenvalue weighted by molar-refractivity contribution is 5.95. The fourth-order valence-electron chi connectivity index (χ4n) is 4.92. The van der Waals surface area contributed by atoms with Crippen molar-refractivity contribution in [3.8, 4) is 0 Å². The van der Waals surface area contributed by atoms with Crippen molar-refractivity contribution in [2.24, 2.45) is 11.3 Å². The Kier molecular flexibility index (Phi) is 9.40. The number of pyridine rings is 1. The van der Waals surface area contributed by atoms with Gasteiger partial charge in [-0.3, -0.25) is 24.2 Å². The summed E-state index contributed by atoms with van der Waals surface area (Å²) < 4.78 is 5.74. The van der Waals surface area contributed by atoms with Crippen LogP contribution in [-0.4, -0.2) is 64.6 Å². The molecule has 1 aromatic heterocycles. The van der Waals surface area contributed by atoms with Gasteiger partial charge in [0.15, 0.2) is 0 Å². The number of hydrazine groups is 1. The first-order chi connectivity index (χ1) is 19.9. The second-order valence-corrected chi connectivity index (χ2v) is 11.8. The summed E-state index contributed by atoms with van der Waals surface area (Å²) in [7, 11) is 0. The monoisotopic (exact) mass is 577 g/mol. The van der Waals surface area contributed by atoms with Crippen LogP contribution in [-0.2, 0) is 28.7 Å². The number of fused-ring (bicyclic) bond motifs is 4. The minimum Gasteiger partial charge on any atom is -0.455 e. The number of aldehydes is 1. The number of rotatable bonds is 3. The predicted molar refractivity (Wildman–Crippen MR) is 156 cm³/mol. The molecular formula is C31H39N5O6. The highest BCUT2D eigenvalue weighted by Gasteiger charge is 2.36. The maximum absolute atomic E-state index is 13.4. The van der Waals surface area contributed by atoms with Crippen LogP contribution >= 0.6 is 0 Å². The van der Waals surface area contributed by atoms with Crippen LogP contribution in [0.3, 0.4) is 0 Å². The van der Waals surface area contributed by atoms with Gasteiger partial charge in [-0.25, -0.2) is 10.4 Å². The van der Waals surface area contributed by atoms with Gasteiger partial charge in [0.25, 0.3) is 5.91 Å². The van der Waals surface area contributed by atoms with E-state index < -0.39 is 47.4 Å². The number of benzene rings is 1. The molecule has 4 atom stereocenters. The highest BCUT2D eigenvalue weighted by Crippen LogP contribution is 2.25. The Balaban J connectivity index is 1.73. The van der Waals surface area contributed by atoms with Crippen molar-refractivity contribution in [2.75, 3.05) is 6.54 Å². The second kappa shape index (κ2) is 12.8. The van der Waals surface area contributed by atoms with Gasteiger partial charge in [0.05, 0.1) is 16.6 Å². The maximum atomic E-state index is 13.4. The number of amides is 3. The predicted octanol–water partition coefficient (Wildman–Crippen LogP) is 2.60. The molecular weight excluding hydrogens is 538 g/mol. The van der Waals surface area contributed by atoms with E-state index in [0.717, 1.165) is 10.9 Å². The summed E-state index contributed by atoms with van der Waals surface area (Å²) in [5, 5.41) is 7.64. The van der Waals surface area contributed by atoms with Gasteiger partial charge in [0, 0.05) is 18.4 Å². The molecule has 3 heterocycles. The van der Waals surface area contributed by atoms with Crippen molar-refractivity contribution in [2.45, 2.75) is 78.1 Å². The number of carbonyl (C=O) groups is 5. The summed E-state index contributed by atoms with van der Waals surface area (Å²) >= 11 is 0. The second-order valence-electron chi connectivity index (χ2n) is 11.8. The number of nitrogens with zero attached hydrogens (tertiary/aromatic N) is 2. The fraction of sp³-hybridized carbons (Fsp3) is 0.484. The average molecular weight is 578 g/mol. The highest BCUT2D eigenvalue weighted by atomic mass is 16.5. The van der Waals surface area contributed by atoms with Crippen molar-refractivity contribution in [1.29, 1.82) is 0 Å². The normalized spacial score (nSPS) is 26.4. The van der Waals surface area contributed by atoms with Gasteiger partial charge < -0.3 is 20.2 Å². The third-order valence-corrected chi connectivity index (χ3v) is 7.64. The van der Waals surface area contributed by atoms with Gasteiger partial charge in [-0.1, -0.05) is 44.2 Å². The maximum Gasteiger partial charge on any atom is 0.325 e. The van der Waals surface area contributed by atoms with Crippen LogP contribution < -0.4 is 16.1 Å². The molecule has 0 aliphatic carbocycles. The van der Waals surface area contributed by atoms with Crippen LogP contribution in [0.5, 0.6) is 0 Å². The van der Waals surface area contributed by atoms with Gasteiger partial charge >= 0.3 is 5.97 Å². The third kappa shape index (κ3) is 7.02. The molecule has 11 heteroatoms. The SMILES string of the molecule is CC(C)C1NC(=O)C(C)(C)/C=C/c2ccc3ccc(nc3c2)[C@@H](C)OC(=O)C2CCCN(N2)C(=O)C(CC=O)NC1=O. The fourth-order valence-corrected chi connectivity index (χ4v) is 4.92. The number of ether oxygens (including phenoxy) is 1. The zero-order chi connectivity index (χ0) is 30.6. The number of aromatic nitrogens is 1. The molecule has 5 bridgehead atoms. The molecule has 1 fully saturated rings. The quantitative estimate of drug-likeness (QED) is 0.373. The first kappa shape index (κ1) is 30.8. The van der Waals surface area contributed by atoms with E-state index in [1.807, 2.05) is 30.3 Å². The number of carbonyl (C=O) groups excluding carboxylic acids is 5. The van der Waals surface area contributed by atoms with E-state index in [-0.39, 0.29) is 24.8 Å². The lowest BCUT2D eigenvalue weighted by Crippen LogP contribution is -2.62. The number of esters is 1. The van der Waals surface area contributed by atoms with Crippen LogP contribution in [0.2, 0.25) is 0 Å². The average Bonchev–Trinajstić information content (AvgIpc) is 2.96. The first-order valence-electron chi connectivity index (χ1n) is 14.3. The Morgan fingerprint density at radius 2 is 1.86 bits per heavy atom. The molecule has 2 aromatic rings. The van der Waals surface area contributed by atoms with Crippen LogP contribution in [0.25, 0.3) is 17.0 Å². The van der Waals surface area contributed by atoms with Gasteiger partial charge in [0.1, 0.15) is 30.5 Å². The van der Waals surface area contributed by atoms with E-state index in [4.69, 9.17) is 9.72 Å². The Hall–Kier alpha value is -4.12. The third-order valence-electron chi connectivity index (χ3n) is 7.64. The zero-order valence-corrected chi connectivity index (χ0v) is 24.7. The summed E-state index contributed by atoms with van der Waals surface area (Å²) in [5.74, 6) is -2.36. The number of hydrogen-bond donors (Lipinski definition) is 3. The molecule has 3 N–H and O–H groups in total. The van der Waals surface area contributed by atoms with Crippen LogP contribution in [0.15, 0.2) is 36.4 Å². The van der Waals surface area contributed by atoms with E-state index in [2.05, 4.69) is 16.1 Å². The van der Waals surface area contributed by atoms with Crippen molar-refractivity contribution in [3.63, 3.8) is 0 Å². The lowest BCUT2D eigenvalue weighted by molar-refractivity contribution is -0.157. The minimum atomic E-state index is -1.18. The van der Waals surface area contributed by atoms with Crippen molar-refractivity contribution in [3.05, 3.63) is 47.7 Å². The first-order valence-corrected chi connectivity index (χ1v) is 14.3. The molecule has 11 nitrogen and oxygen atoms in total. The largest absolute Gasteiger partial charge is 0.455 e. The standard InChI is InChI=1S/C31H39N5O6/c1-18(2)26-27(38)33-23(13-16-37)28(39)36-15-6-7-24(35-36)29(40)42-19(3)22-11-10-21-9-8-20(17-25(21)32-22)12-14-31(4,5)30(41)34-26/h8-12,14,16-19,23-24,26,35H,6-7,13,15H2,1-5H3,(H,33,38)(H,34,41)/b14-12+/t19-,23?,24?,26?/m1/s1. The van der Waals surface area contributed by atoms with E-state index in [0.29, 0.717) is 30.3 Å². The minimum absolute atomic E-state index is 0.269. The Labute approximate surface area is 245 Å². The van der Waals surface area contributed by atoms with Crippen LogP contribution in [0, 0.1) is 11.3 Å². The molecule has 42 heavy (non-hydrogen) atoms. The van der Waals surface area contributed by atoms with Gasteiger partial charge in [-0.2, -0.15) is 0 Å². The molecule has 0 radical (unpaired) electrons. The van der Waals surface area contributed by atoms with Gasteiger partial charge in [-0.05, 0) is 57.2 Å². The summed E-state index contributed by atoms with van der Waals surface area (Å²) in [6.45, 7) is 9.07. The van der Waals surface area contributed by atoms with Gasteiger partial charge in [0.2, 0.25) is 11.8 Å². The summed E-state index contributed by atoms with van der Waals surface area (Å²) in [6.07, 6.45) is 4.17. The Morgan fingerprint density at radius 1 is 1.12 bits per heavy atom. The summed E-state index contributed by atoms with van der Waals surface area (Å²) in [5.41, 5.74) is 4.03. The zero-order valence-electron chi connectivity index (χ0n) is 24.7. The smallest absolute Gasteiger partial charge is 0.325 e. The van der Waals surface area contributed by atoms with Crippen molar-refractivity contribution >= 4 is 47.0 Å². The Bertz CT molecular complexity index is 1400. The van der Waals surface area contributed by atoms with E-state index >= 15 is 0 Å². The molecule has 3 amide bonds. The number of hydrogen-bond acceptors (Lipinski definition) is 8. The van der Waals surface area contributed by atoms with E-state index in [9.17, 15) is 24.0 Å². The molecule has 2 aliphatic rings. The van der Waals surface area contributed by atoms with E-state index in [1.54, 1.807) is 46.8 Å². The molecule has 1 aromatic carbocycles. The molecule has 1 saturated heterocycles. The molecule has 0 saturated carbocycles. The number of nitrogens with one attached hydrogen (secondary N) is 3. The molecule has 224 valence electrons. The summed E-state index contributed by atoms with van der Waals surface area (Å²) in [4.78, 5) is 69.5. The Morgan fingerprint density at radius 3 is 2.57 bits per heavy atom.